The molecule has 3 saturated carbocycles. The average Bonchev–Trinajstić information content (AvgIpc) is 2.72. The van der Waals surface area contributed by atoms with Crippen LogP contribution in [-0.2, 0) is 10.0 Å². The summed E-state index contributed by atoms with van der Waals surface area (Å²) in [5.41, 5.74) is 0.408. The van der Waals surface area contributed by atoms with E-state index in [0.717, 1.165) is 31.6 Å². The molecular weight excluding hydrogens is 334 g/mol. The zero-order valence-corrected chi connectivity index (χ0v) is 16.9. The van der Waals surface area contributed by atoms with Gasteiger partial charge in [-0.1, -0.05) is 13.8 Å². The van der Waals surface area contributed by atoms with Gasteiger partial charge in [0.05, 0.1) is 12.4 Å². The second kappa shape index (κ2) is 5.93. The van der Waals surface area contributed by atoms with Crippen molar-refractivity contribution in [3.05, 3.63) is 0 Å². The van der Waals surface area contributed by atoms with Crippen molar-refractivity contribution in [2.24, 2.45) is 34.5 Å². The number of nitrogens with zero attached hydrogens (tertiary/aromatic N) is 1. The lowest BCUT2D eigenvalue weighted by Crippen LogP contribution is -2.52. The van der Waals surface area contributed by atoms with Gasteiger partial charge in [-0.3, -0.25) is 0 Å². The zero-order chi connectivity index (χ0) is 18.0. The average molecular weight is 370 g/mol. The molecule has 7 atom stereocenters. The van der Waals surface area contributed by atoms with Crippen molar-refractivity contribution in [2.45, 2.75) is 71.3 Å². The van der Waals surface area contributed by atoms with Gasteiger partial charge < -0.3 is 5.11 Å². The summed E-state index contributed by atoms with van der Waals surface area (Å²) in [5, 5.41) is 10.6. The molecule has 4 aliphatic rings. The predicted octanol–water partition coefficient (Wildman–Crippen LogP) is 3.26. The van der Waals surface area contributed by atoms with Crippen molar-refractivity contribution in [3.63, 3.8) is 0 Å². The van der Waals surface area contributed by atoms with E-state index in [9.17, 15) is 13.5 Å². The molecule has 5 heteroatoms. The van der Waals surface area contributed by atoms with Crippen LogP contribution in [0.4, 0.5) is 0 Å². The number of sulfonamides is 1. The van der Waals surface area contributed by atoms with Crippen molar-refractivity contribution in [3.8, 4) is 0 Å². The quantitative estimate of drug-likeness (QED) is 0.772. The van der Waals surface area contributed by atoms with Crippen LogP contribution >= 0.6 is 0 Å². The van der Waals surface area contributed by atoms with E-state index < -0.39 is 10.0 Å². The minimum atomic E-state index is -3.08. The number of fused-ring (bicyclic) bond motifs is 5. The van der Waals surface area contributed by atoms with E-state index in [4.69, 9.17) is 0 Å². The lowest BCUT2D eigenvalue weighted by molar-refractivity contribution is -0.109. The third-order valence-electron chi connectivity index (χ3n) is 9.11. The monoisotopic (exact) mass is 369 g/mol. The van der Waals surface area contributed by atoms with Gasteiger partial charge >= 0.3 is 0 Å². The number of aliphatic hydroxyl groups excluding tert-OH is 1. The highest BCUT2D eigenvalue weighted by atomic mass is 32.2. The van der Waals surface area contributed by atoms with Crippen molar-refractivity contribution < 1.29 is 13.5 Å². The van der Waals surface area contributed by atoms with Crippen molar-refractivity contribution in [1.29, 1.82) is 0 Å². The Balaban J connectivity index is 1.60. The van der Waals surface area contributed by atoms with Crippen LogP contribution in [0.25, 0.3) is 0 Å². The standard InChI is InChI=1S/C20H35NO3S/c1-19-11-13-21(25(3,23)24)12-9-14(19)4-5-15-16-6-7-18(22)20(16,2)10-8-17(15)19/h14-18,22H,4-13H2,1-3H3/t14?,15-,16?,17-,18?,19-,20-/m0/s1. The molecule has 4 fully saturated rings. The summed E-state index contributed by atoms with van der Waals surface area (Å²) in [7, 11) is -3.08. The number of rotatable bonds is 1. The largest absolute Gasteiger partial charge is 0.393 e. The Morgan fingerprint density at radius 3 is 2.32 bits per heavy atom. The normalized spacial score (nSPS) is 51.3. The molecule has 0 bridgehead atoms. The lowest BCUT2D eigenvalue weighted by Gasteiger charge is -2.58. The molecule has 0 aromatic rings. The molecule has 1 saturated heterocycles. The summed E-state index contributed by atoms with van der Waals surface area (Å²) in [6, 6.07) is 0. The second-order valence-electron chi connectivity index (χ2n) is 10.00. The van der Waals surface area contributed by atoms with Gasteiger partial charge in [-0.15, -0.1) is 0 Å². The maximum absolute atomic E-state index is 12.1. The molecule has 1 aliphatic heterocycles. The lowest BCUT2D eigenvalue weighted by atomic mass is 9.47. The fourth-order valence-electron chi connectivity index (χ4n) is 7.48. The fraction of sp³-hybridized carbons (Fsp3) is 1.00. The first-order valence-corrected chi connectivity index (χ1v) is 12.1. The van der Waals surface area contributed by atoms with Crippen molar-refractivity contribution in [1.82, 2.24) is 4.31 Å². The first-order valence-electron chi connectivity index (χ1n) is 10.3. The van der Waals surface area contributed by atoms with Gasteiger partial charge in [0, 0.05) is 13.1 Å². The Labute approximate surface area is 153 Å². The second-order valence-corrected chi connectivity index (χ2v) is 12.0. The molecular formula is C20H35NO3S. The molecule has 0 aromatic heterocycles. The van der Waals surface area contributed by atoms with Crippen LogP contribution < -0.4 is 0 Å². The zero-order valence-electron chi connectivity index (χ0n) is 16.1. The van der Waals surface area contributed by atoms with Crippen LogP contribution in [0.2, 0.25) is 0 Å². The van der Waals surface area contributed by atoms with Gasteiger partial charge in [0.2, 0.25) is 10.0 Å². The van der Waals surface area contributed by atoms with Gasteiger partial charge in [0.15, 0.2) is 0 Å². The summed E-state index contributed by atoms with van der Waals surface area (Å²) >= 11 is 0. The highest BCUT2D eigenvalue weighted by Gasteiger charge is 2.59. The molecule has 3 unspecified atom stereocenters. The first-order chi connectivity index (χ1) is 11.7. The van der Waals surface area contributed by atoms with Gasteiger partial charge in [0.1, 0.15) is 0 Å². The fourth-order valence-corrected chi connectivity index (χ4v) is 8.34. The molecule has 0 aromatic carbocycles. The van der Waals surface area contributed by atoms with E-state index in [1.807, 2.05) is 0 Å². The number of hydrogen-bond acceptors (Lipinski definition) is 3. The van der Waals surface area contributed by atoms with E-state index in [-0.39, 0.29) is 16.9 Å². The van der Waals surface area contributed by atoms with Crippen LogP contribution in [0, 0.1) is 34.5 Å². The van der Waals surface area contributed by atoms with Crippen LogP contribution in [0.1, 0.15) is 65.2 Å². The van der Waals surface area contributed by atoms with Crippen LogP contribution in [-0.4, -0.2) is 43.3 Å². The Bertz CT molecular complexity index is 635. The number of aliphatic hydroxyl groups is 1. The Kier molecular flexibility index (Phi) is 4.33. The molecule has 1 N–H and O–H groups in total. The van der Waals surface area contributed by atoms with E-state index in [0.29, 0.717) is 30.8 Å². The maximum atomic E-state index is 12.1. The molecule has 25 heavy (non-hydrogen) atoms. The van der Waals surface area contributed by atoms with Gasteiger partial charge in [-0.05, 0) is 85.9 Å². The third-order valence-corrected chi connectivity index (χ3v) is 10.4. The Hall–Kier alpha value is -0.130. The minimum absolute atomic E-state index is 0.112. The summed E-state index contributed by atoms with van der Waals surface area (Å²) in [6.07, 6.45) is 10.4. The minimum Gasteiger partial charge on any atom is -0.393 e. The van der Waals surface area contributed by atoms with E-state index in [2.05, 4.69) is 13.8 Å². The van der Waals surface area contributed by atoms with Crippen molar-refractivity contribution >= 4 is 10.0 Å². The van der Waals surface area contributed by atoms with Crippen LogP contribution in [0.3, 0.4) is 0 Å². The summed E-state index contributed by atoms with van der Waals surface area (Å²) in [5.74, 6) is 2.79. The molecule has 3 aliphatic carbocycles. The van der Waals surface area contributed by atoms with Gasteiger partial charge in [-0.2, -0.15) is 0 Å². The van der Waals surface area contributed by atoms with E-state index in [1.54, 1.807) is 4.31 Å². The molecule has 4 rings (SSSR count). The Morgan fingerprint density at radius 2 is 1.60 bits per heavy atom. The van der Waals surface area contributed by atoms with Crippen LogP contribution in [0.15, 0.2) is 0 Å². The SMILES string of the molecule is C[C@]12CC[C@H]3[C@@H](CCC4CCN(S(C)(=O)=O)CC[C@@]43C)C1CCC2O. The van der Waals surface area contributed by atoms with Crippen molar-refractivity contribution in [2.75, 3.05) is 19.3 Å². The molecule has 0 amide bonds. The summed E-state index contributed by atoms with van der Waals surface area (Å²) in [6.45, 7) is 6.20. The highest BCUT2D eigenvalue weighted by Crippen LogP contribution is 2.65. The Morgan fingerprint density at radius 1 is 0.880 bits per heavy atom. The number of hydrogen-bond donors (Lipinski definition) is 1. The highest BCUT2D eigenvalue weighted by molar-refractivity contribution is 7.88. The molecule has 1 heterocycles. The van der Waals surface area contributed by atoms with E-state index >= 15 is 0 Å². The predicted molar refractivity (Wildman–Crippen MR) is 99.5 cm³/mol. The molecule has 0 radical (unpaired) electrons. The first kappa shape index (κ1) is 18.2. The molecule has 4 nitrogen and oxygen atoms in total. The van der Waals surface area contributed by atoms with E-state index in [1.165, 1.54) is 31.9 Å². The molecule has 144 valence electrons. The molecule has 0 spiro atoms. The topological polar surface area (TPSA) is 57.6 Å². The smallest absolute Gasteiger partial charge is 0.211 e. The maximum Gasteiger partial charge on any atom is 0.211 e. The summed E-state index contributed by atoms with van der Waals surface area (Å²) < 4.78 is 25.8. The van der Waals surface area contributed by atoms with Gasteiger partial charge in [-0.25, -0.2) is 12.7 Å². The van der Waals surface area contributed by atoms with Gasteiger partial charge in [0.25, 0.3) is 0 Å². The van der Waals surface area contributed by atoms with Crippen LogP contribution in [0.5, 0.6) is 0 Å². The summed E-state index contributed by atoms with van der Waals surface area (Å²) in [4.78, 5) is 0. The third kappa shape index (κ3) is 2.71.